The molecule has 4 nitrogen and oxygen atoms in total. The summed E-state index contributed by atoms with van der Waals surface area (Å²) in [5.41, 5.74) is -0.843. The van der Waals surface area contributed by atoms with Crippen molar-refractivity contribution in [2.75, 3.05) is 5.75 Å². The minimum atomic E-state index is -3.29. The predicted octanol–water partition coefficient (Wildman–Crippen LogP) is 1.93. The highest BCUT2D eigenvalue weighted by Gasteiger charge is 2.34. The summed E-state index contributed by atoms with van der Waals surface area (Å²) in [6, 6.07) is 2.18. The second-order valence-electron chi connectivity index (χ2n) is 4.53. The Balaban J connectivity index is 2.77. The molecule has 0 saturated heterocycles. The van der Waals surface area contributed by atoms with Crippen molar-refractivity contribution < 1.29 is 8.42 Å². The van der Waals surface area contributed by atoms with Gasteiger partial charge in [0.2, 0.25) is 10.0 Å². The molecule has 0 aromatic rings. The first-order valence-corrected chi connectivity index (χ1v) is 7.62. The molecule has 5 heteroatoms. The third kappa shape index (κ3) is 3.76. The van der Waals surface area contributed by atoms with E-state index < -0.39 is 15.6 Å². The molecule has 0 unspecified atom stereocenters. The van der Waals surface area contributed by atoms with E-state index in [1.54, 1.807) is 0 Å². The fraction of sp³-hybridized carbons (Fsp3) is 0.909. The Morgan fingerprint density at radius 1 is 1.25 bits per heavy atom. The van der Waals surface area contributed by atoms with Crippen LogP contribution in [-0.4, -0.2) is 19.7 Å². The normalized spacial score (nSPS) is 21.0. The molecule has 1 rings (SSSR count). The zero-order valence-corrected chi connectivity index (χ0v) is 10.6. The number of hydrogen-bond acceptors (Lipinski definition) is 3. The van der Waals surface area contributed by atoms with Crippen molar-refractivity contribution in [1.82, 2.24) is 4.72 Å². The fourth-order valence-electron chi connectivity index (χ4n) is 2.19. The van der Waals surface area contributed by atoms with Crippen molar-refractivity contribution in [3.63, 3.8) is 0 Å². The number of nitrogens with one attached hydrogen (secondary N) is 1. The van der Waals surface area contributed by atoms with Gasteiger partial charge in [-0.05, 0) is 19.3 Å². The smallest absolute Gasteiger partial charge is 0.212 e. The van der Waals surface area contributed by atoms with E-state index >= 15 is 0 Å². The van der Waals surface area contributed by atoms with Crippen molar-refractivity contribution in [3.8, 4) is 6.07 Å². The summed E-state index contributed by atoms with van der Waals surface area (Å²) in [5.74, 6) is 0.108. The van der Waals surface area contributed by atoms with Gasteiger partial charge in [0.05, 0.1) is 11.8 Å². The van der Waals surface area contributed by atoms with E-state index in [9.17, 15) is 13.7 Å². The number of nitrogens with zero attached hydrogens (tertiary/aromatic N) is 1. The molecule has 1 saturated carbocycles. The highest BCUT2D eigenvalue weighted by atomic mass is 32.2. The molecule has 92 valence electrons. The second-order valence-corrected chi connectivity index (χ2v) is 6.37. The predicted molar refractivity (Wildman–Crippen MR) is 63.3 cm³/mol. The average molecular weight is 244 g/mol. The molecule has 0 spiro atoms. The van der Waals surface area contributed by atoms with Crippen LogP contribution in [0.25, 0.3) is 0 Å². The minimum Gasteiger partial charge on any atom is -0.212 e. The van der Waals surface area contributed by atoms with Crippen molar-refractivity contribution in [3.05, 3.63) is 0 Å². The van der Waals surface area contributed by atoms with Crippen LogP contribution >= 0.6 is 0 Å². The maximum atomic E-state index is 11.7. The zero-order valence-electron chi connectivity index (χ0n) is 9.83. The Bertz CT molecular complexity index is 349. The Morgan fingerprint density at radius 2 is 1.81 bits per heavy atom. The van der Waals surface area contributed by atoms with Crippen LogP contribution in [0, 0.1) is 11.3 Å². The van der Waals surface area contributed by atoms with Gasteiger partial charge in [0.1, 0.15) is 5.54 Å². The van der Waals surface area contributed by atoms with Crippen LogP contribution in [0.1, 0.15) is 51.9 Å². The van der Waals surface area contributed by atoms with Gasteiger partial charge in [-0.2, -0.15) is 9.98 Å². The highest BCUT2D eigenvalue weighted by Crippen LogP contribution is 2.27. The first kappa shape index (κ1) is 13.5. The summed E-state index contributed by atoms with van der Waals surface area (Å²) >= 11 is 0. The molecule has 1 fully saturated rings. The SMILES string of the molecule is CCCS(=O)(=O)NC1(C#N)CCCCCC1. The molecule has 1 aliphatic rings. The van der Waals surface area contributed by atoms with Gasteiger partial charge in [0, 0.05) is 0 Å². The number of hydrogen-bond donors (Lipinski definition) is 1. The molecule has 0 bridgehead atoms. The van der Waals surface area contributed by atoms with Crippen molar-refractivity contribution in [2.45, 2.75) is 57.4 Å². The van der Waals surface area contributed by atoms with Crippen molar-refractivity contribution >= 4 is 10.0 Å². The Morgan fingerprint density at radius 3 is 2.25 bits per heavy atom. The molecule has 0 amide bonds. The largest absolute Gasteiger partial charge is 0.212 e. The van der Waals surface area contributed by atoms with Crippen LogP contribution in [0.5, 0.6) is 0 Å². The summed E-state index contributed by atoms with van der Waals surface area (Å²) in [6.45, 7) is 1.82. The van der Waals surface area contributed by atoms with Gasteiger partial charge in [-0.15, -0.1) is 0 Å². The molecule has 16 heavy (non-hydrogen) atoms. The van der Waals surface area contributed by atoms with Gasteiger partial charge in [-0.1, -0.05) is 32.6 Å². The van der Waals surface area contributed by atoms with E-state index in [0.29, 0.717) is 19.3 Å². The van der Waals surface area contributed by atoms with Crippen LogP contribution in [0.15, 0.2) is 0 Å². The summed E-state index contributed by atoms with van der Waals surface area (Å²) in [5, 5.41) is 9.22. The van der Waals surface area contributed by atoms with Crippen molar-refractivity contribution in [1.29, 1.82) is 5.26 Å². The summed E-state index contributed by atoms with van der Waals surface area (Å²) in [4.78, 5) is 0. The Hall–Kier alpha value is -0.600. The van der Waals surface area contributed by atoms with E-state index in [1.807, 2.05) is 6.92 Å². The number of rotatable bonds is 4. The Labute approximate surface area is 98.1 Å². The zero-order chi connectivity index (χ0) is 12.1. The van der Waals surface area contributed by atoms with E-state index in [0.717, 1.165) is 25.7 Å². The summed E-state index contributed by atoms with van der Waals surface area (Å²) in [7, 11) is -3.29. The molecule has 0 radical (unpaired) electrons. The first-order valence-electron chi connectivity index (χ1n) is 5.96. The van der Waals surface area contributed by atoms with E-state index in [1.165, 1.54) is 0 Å². The van der Waals surface area contributed by atoms with Crippen LogP contribution in [0.3, 0.4) is 0 Å². The minimum absolute atomic E-state index is 0.108. The molecule has 0 aliphatic heterocycles. The lowest BCUT2D eigenvalue weighted by Crippen LogP contribution is -2.47. The quantitative estimate of drug-likeness (QED) is 0.768. The van der Waals surface area contributed by atoms with Crippen LogP contribution in [0.4, 0.5) is 0 Å². The molecule has 1 aliphatic carbocycles. The first-order chi connectivity index (χ1) is 7.54. The van der Waals surface area contributed by atoms with Gasteiger partial charge in [-0.3, -0.25) is 0 Å². The van der Waals surface area contributed by atoms with Crippen LogP contribution < -0.4 is 4.72 Å². The van der Waals surface area contributed by atoms with E-state index in [2.05, 4.69) is 10.8 Å². The van der Waals surface area contributed by atoms with Gasteiger partial charge in [-0.25, -0.2) is 8.42 Å². The third-order valence-electron chi connectivity index (χ3n) is 2.99. The standard InChI is InChI=1S/C11H20N2O2S/c1-2-9-16(14,15)13-11(10-12)7-5-3-4-6-8-11/h13H,2-9H2,1H3. The lowest BCUT2D eigenvalue weighted by Gasteiger charge is -2.25. The third-order valence-corrected chi connectivity index (χ3v) is 4.64. The second kappa shape index (κ2) is 5.65. The molecule has 0 atom stereocenters. The molecule has 1 N–H and O–H groups in total. The average Bonchev–Trinajstić information content (AvgIpc) is 2.43. The topological polar surface area (TPSA) is 70.0 Å². The van der Waals surface area contributed by atoms with Gasteiger partial charge >= 0.3 is 0 Å². The van der Waals surface area contributed by atoms with Crippen molar-refractivity contribution in [2.24, 2.45) is 0 Å². The molecular formula is C11H20N2O2S. The highest BCUT2D eigenvalue weighted by molar-refractivity contribution is 7.89. The lowest BCUT2D eigenvalue weighted by atomic mass is 9.94. The van der Waals surface area contributed by atoms with Crippen LogP contribution in [0.2, 0.25) is 0 Å². The molecule has 0 aromatic carbocycles. The van der Waals surface area contributed by atoms with Gasteiger partial charge < -0.3 is 0 Å². The monoisotopic (exact) mass is 244 g/mol. The maximum Gasteiger partial charge on any atom is 0.212 e. The van der Waals surface area contributed by atoms with Gasteiger partial charge in [0.25, 0.3) is 0 Å². The van der Waals surface area contributed by atoms with E-state index in [-0.39, 0.29) is 5.75 Å². The molecule has 0 heterocycles. The Kier molecular flexibility index (Phi) is 4.75. The summed E-state index contributed by atoms with van der Waals surface area (Å²) in [6.07, 6.45) is 5.93. The van der Waals surface area contributed by atoms with Gasteiger partial charge in [0.15, 0.2) is 0 Å². The number of nitriles is 1. The number of sulfonamides is 1. The molecular weight excluding hydrogens is 224 g/mol. The van der Waals surface area contributed by atoms with E-state index in [4.69, 9.17) is 0 Å². The lowest BCUT2D eigenvalue weighted by molar-refractivity contribution is 0.422. The van der Waals surface area contributed by atoms with Crippen LogP contribution in [-0.2, 0) is 10.0 Å². The summed E-state index contributed by atoms with van der Waals surface area (Å²) < 4.78 is 26.0. The molecule has 0 aromatic heterocycles. The fourth-order valence-corrected chi connectivity index (χ4v) is 3.67. The maximum absolute atomic E-state index is 11.7.